The van der Waals surface area contributed by atoms with E-state index in [1.165, 1.54) is 0 Å². The van der Waals surface area contributed by atoms with Gasteiger partial charge >= 0.3 is 0 Å². The van der Waals surface area contributed by atoms with Crippen molar-refractivity contribution in [1.29, 1.82) is 0 Å². The lowest BCUT2D eigenvalue weighted by molar-refractivity contribution is 0.216. The highest BCUT2D eigenvalue weighted by Gasteiger charge is 2.04. The molecule has 1 rings (SSSR count). The second-order valence-corrected chi connectivity index (χ2v) is 3.62. The number of nitrogens with two attached hydrogens (primary N) is 1. The average molecular weight is 239 g/mol. The van der Waals surface area contributed by atoms with Gasteiger partial charge in [0.2, 0.25) is 11.8 Å². The van der Waals surface area contributed by atoms with Crippen molar-refractivity contribution in [2.45, 2.75) is 13.8 Å². The molecule has 0 aliphatic heterocycles. The lowest BCUT2D eigenvalue weighted by Gasteiger charge is -2.17. The van der Waals surface area contributed by atoms with Crippen molar-refractivity contribution in [3.63, 3.8) is 0 Å². The molecule has 0 amide bonds. The van der Waals surface area contributed by atoms with Crippen LogP contribution >= 0.6 is 0 Å². The Morgan fingerprint density at radius 1 is 1.29 bits per heavy atom. The number of rotatable bonds is 7. The predicted octanol–water partition coefficient (Wildman–Crippen LogP) is 1.39. The van der Waals surface area contributed by atoms with Gasteiger partial charge in [0.15, 0.2) is 0 Å². The average Bonchev–Trinajstić information content (AvgIpc) is 2.36. The predicted molar refractivity (Wildman–Crippen MR) is 68.5 cm³/mol. The summed E-state index contributed by atoms with van der Waals surface area (Å²) in [6, 6.07) is 3.48. The Morgan fingerprint density at radius 2 is 2.00 bits per heavy atom. The Morgan fingerprint density at radius 3 is 2.59 bits per heavy atom. The van der Waals surface area contributed by atoms with Gasteiger partial charge in [0.1, 0.15) is 6.61 Å². The van der Waals surface area contributed by atoms with Crippen molar-refractivity contribution in [2.24, 2.45) is 0 Å². The van der Waals surface area contributed by atoms with Crippen LogP contribution < -0.4 is 15.2 Å². The molecule has 0 atom stereocenters. The van der Waals surface area contributed by atoms with Crippen LogP contribution in [-0.2, 0) is 0 Å². The molecule has 2 N–H and O–H groups in total. The van der Waals surface area contributed by atoms with Gasteiger partial charge in [-0.1, -0.05) is 13.8 Å². The molecule has 0 spiro atoms. The van der Waals surface area contributed by atoms with Crippen molar-refractivity contribution >= 4 is 5.69 Å². The first kappa shape index (κ1) is 13.6. The Balaban J connectivity index is 2.46. The van der Waals surface area contributed by atoms with E-state index in [4.69, 9.17) is 15.2 Å². The molecule has 5 nitrogen and oxygen atoms in total. The number of hydrogen-bond acceptors (Lipinski definition) is 5. The normalized spacial score (nSPS) is 10.6. The summed E-state index contributed by atoms with van der Waals surface area (Å²) in [5.41, 5.74) is 6.19. The number of ether oxygens (including phenoxy) is 2. The third kappa shape index (κ3) is 4.11. The Labute approximate surface area is 103 Å². The van der Waals surface area contributed by atoms with E-state index in [0.717, 1.165) is 19.6 Å². The lowest BCUT2D eigenvalue weighted by Crippen LogP contribution is -2.28. The highest BCUT2D eigenvalue weighted by molar-refractivity contribution is 5.49. The lowest BCUT2D eigenvalue weighted by atomic mass is 10.4. The van der Waals surface area contributed by atoms with Crippen molar-refractivity contribution < 1.29 is 9.47 Å². The number of nitrogens with zero attached hydrogens (tertiary/aromatic N) is 2. The fraction of sp³-hybridized carbons (Fsp3) is 0.583. The zero-order valence-electron chi connectivity index (χ0n) is 10.8. The van der Waals surface area contributed by atoms with Crippen LogP contribution in [0.25, 0.3) is 0 Å². The van der Waals surface area contributed by atoms with Gasteiger partial charge in [-0.05, 0) is 19.2 Å². The summed E-state index contributed by atoms with van der Waals surface area (Å²) in [6.45, 7) is 7.82. The fourth-order valence-electron chi connectivity index (χ4n) is 1.50. The van der Waals surface area contributed by atoms with Crippen LogP contribution in [0.5, 0.6) is 11.8 Å². The summed E-state index contributed by atoms with van der Waals surface area (Å²) in [4.78, 5) is 6.44. The molecule has 5 heteroatoms. The van der Waals surface area contributed by atoms with E-state index in [-0.39, 0.29) is 0 Å². The first-order chi connectivity index (χ1) is 8.21. The van der Waals surface area contributed by atoms with Crippen LogP contribution in [0.4, 0.5) is 5.69 Å². The van der Waals surface area contributed by atoms with Gasteiger partial charge in [0, 0.05) is 12.6 Å². The molecule has 1 heterocycles. The van der Waals surface area contributed by atoms with Crippen LogP contribution in [0.3, 0.4) is 0 Å². The van der Waals surface area contributed by atoms with E-state index in [1.54, 1.807) is 19.2 Å². The third-order valence-corrected chi connectivity index (χ3v) is 2.61. The number of pyridine rings is 1. The minimum absolute atomic E-state index is 0.408. The molecular weight excluding hydrogens is 218 g/mol. The Hall–Kier alpha value is -1.49. The summed E-state index contributed by atoms with van der Waals surface area (Å²) in [6.07, 6.45) is 0. The monoisotopic (exact) mass is 239 g/mol. The largest absolute Gasteiger partial charge is 0.479 e. The van der Waals surface area contributed by atoms with Crippen LogP contribution in [0.2, 0.25) is 0 Å². The summed E-state index contributed by atoms with van der Waals surface area (Å²) in [5.74, 6) is 0.952. The van der Waals surface area contributed by atoms with Gasteiger partial charge in [-0.2, -0.15) is 4.98 Å². The van der Waals surface area contributed by atoms with E-state index >= 15 is 0 Å². The zero-order chi connectivity index (χ0) is 12.7. The quantitative estimate of drug-likeness (QED) is 0.779. The van der Waals surface area contributed by atoms with E-state index < -0.39 is 0 Å². The fourth-order valence-corrected chi connectivity index (χ4v) is 1.50. The Kier molecular flexibility index (Phi) is 5.56. The maximum atomic E-state index is 5.67. The third-order valence-electron chi connectivity index (χ3n) is 2.61. The number of methoxy groups -OCH3 is 1. The molecule has 0 aromatic carbocycles. The molecule has 0 fully saturated rings. The van der Waals surface area contributed by atoms with E-state index in [1.807, 2.05) is 0 Å². The number of hydrogen-bond donors (Lipinski definition) is 1. The van der Waals surface area contributed by atoms with Gasteiger partial charge in [0.25, 0.3) is 0 Å². The van der Waals surface area contributed by atoms with Gasteiger partial charge in [-0.25, -0.2) is 0 Å². The molecular formula is C12H21N3O2. The zero-order valence-corrected chi connectivity index (χ0v) is 10.8. The van der Waals surface area contributed by atoms with Gasteiger partial charge in [-0.3, -0.25) is 0 Å². The van der Waals surface area contributed by atoms with Gasteiger partial charge in [0.05, 0.1) is 12.8 Å². The number of aromatic nitrogens is 1. The molecule has 0 saturated carbocycles. The molecule has 0 bridgehead atoms. The summed E-state index contributed by atoms with van der Waals surface area (Å²) in [5, 5.41) is 0. The van der Waals surface area contributed by atoms with Crippen LogP contribution in [0.1, 0.15) is 13.8 Å². The maximum Gasteiger partial charge on any atom is 0.240 e. The van der Waals surface area contributed by atoms with Crippen molar-refractivity contribution in [2.75, 3.05) is 39.1 Å². The van der Waals surface area contributed by atoms with Crippen LogP contribution in [0, 0.1) is 0 Å². The maximum absolute atomic E-state index is 5.67. The highest BCUT2D eigenvalue weighted by atomic mass is 16.5. The standard InChI is InChI=1S/C12H21N3O2/c1-4-15(5-2)8-9-17-11-7-6-10(13)12(14-11)16-3/h6-7H,4-5,8-9,13H2,1-3H3. The smallest absolute Gasteiger partial charge is 0.240 e. The minimum Gasteiger partial charge on any atom is -0.479 e. The molecule has 0 radical (unpaired) electrons. The molecule has 0 aliphatic rings. The molecule has 1 aromatic heterocycles. The SMILES string of the molecule is CCN(CC)CCOc1ccc(N)c(OC)n1. The molecule has 17 heavy (non-hydrogen) atoms. The van der Waals surface area contributed by atoms with Crippen LogP contribution in [-0.4, -0.2) is 43.2 Å². The van der Waals surface area contributed by atoms with Gasteiger partial charge < -0.3 is 20.1 Å². The van der Waals surface area contributed by atoms with Crippen molar-refractivity contribution in [3.05, 3.63) is 12.1 Å². The summed E-state index contributed by atoms with van der Waals surface area (Å²) in [7, 11) is 1.54. The summed E-state index contributed by atoms with van der Waals surface area (Å²) >= 11 is 0. The molecule has 0 unspecified atom stereocenters. The second kappa shape index (κ2) is 6.96. The molecule has 0 aliphatic carbocycles. The molecule has 1 aromatic rings. The number of likely N-dealkylation sites (N-methyl/N-ethyl adjacent to an activating group) is 1. The van der Waals surface area contributed by atoms with Gasteiger partial charge in [-0.15, -0.1) is 0 Å². The van der Waals surface area contributed by atoms with E-state index in [9.17, 15) is 0 Å². The van der Waals surface area contributed by atoms with E-state index in [0.29, 0.717) is 24.1 Å². The van der Waals surface area contributed by atoms with Crippen molar-refractivity contribution in [3.8, 4) is 11.8 Å². The molecule has 0 saturated heterocycles. The minimum atomic E-state index is 0.408. The van der Waals surface area contributed by atoms with Crippen LogP contribution in [0.15, 0.2) is 12.1 Å². The second-order valence-electron chi connectivity index (χ2n) is 3.62. The summed E-state index contributed by atoms with van der Waals surface area (Å²) < 4.78 is 10.6. The topological polar surface area (TPSA) is 60.6 Å². The first-order valence-electron chi connectivity index (χ1n) is 5.86. The van der Waals surface area contributed by atoms with Crippen molar-refractivity contribution in [1.82, 2.24) is 9.88 Å². The molecule has 96 valence electrons. The Bertz CT molecular complexity index is 341. The number of anilines is 1. The first-order valence-corrected chi connectivity index (χ1v) is 5.86. The highest BCUT2D eigenvalue weighted by Crippen LogP contribution is 2.21. The number of nitrogen functional groups attached to an aromatic ring is 1. The van der Waals surface area contributed by atoms with E-state index in [2.05, 4.69) is 23.7 Å².